The van der Waals surface area contributed by atoms with Crippen LogP contribution in [0.15, 0.2) is 101 Å². The van der Waals surface area contributed by atoms with Gasteiger partial charge in [-0.2, -0.15) is 13.2 Å². The molecule has 40 heavy (non-hydrogen) atoms. The van der Waals surface area contributed by atoms with E-state index in [9.17, 15) is 18.0 Å². The van der Waals surface area contributed by atoms with Crippen molar-refractivity contribution >= 4 is 17.3 Å². The zero-order valence-electron chi connectivity index (χ0n) is 22.3. The van der Waals surface area contributed by atoms with Crippen LogP contribution in [-0.4, -0.2) is 16.6 Å². The number of nitrogens with one attached hydrogen (secondary N) is 1. The lowest BCUT2D eigenvalue weighted by atomic mass is 9.90. The van der Waals surface area contributed by atoms with E-state index in [2.05, 4.69) is 47.7 Å². The zero-order valence-corrected chi connectivity index (χ0v) is 22.3. The lowest BCUT2D eigenvalue weighted by molar-refractivity contribution is -0.141. The molecule has 3 unspecified atom stereocenters. The largest absolute Gasteiger partial charge is 0.433 e. The zero-order chi connectivity index (χ0) is 28.2. The maximum Gasteiger partial charge on any atom is 0.433 e. The Bertz CT molecular complexity index is 1550. The first-order chi connectivity index (χ1) is 19.2. The molecule has 2 fully saturated rings. The molecule has 0 saturated heterocycles. The maximum absolute atomic E-state index is 13.2. The summed E-state index contributed by atoms with van der Waals surface area (Å²) in [5, 5.41) is 2.91. The van der Waals surface area contributed by atoms with Crippen LogP contribution in [0.2, 0.25) is 0 Å². The summed E-state index contributed by atoms with van der Waals surface area (Å²) in [7, 11) is 0. The monoisotopic (exact) mass is 541 g/mol. The first kappa shape index (κ1) is 26.2. The van der Waals surface area contributed by atoms with E-state index in [1.165, 1.54) is 24.1 Å². The molecule has 4 nitrogen and oxygen atoms in total. The summed E-state index contributed by atoms with van der Waals surface area (Å²) in [6, 6.07) is 10.3. The Morgan fingerprint density at radius 3 is 2.58 bits per heavy atom. The van der Waals surface area contributed by atoms with Crippen molar-refractivity contribution in [1.29, 1.82) is 0 Å². The van der Waals surface area contributed by atoms with Crippen molar-refractivity contribution in [2.75, 3.05) is 0 Å². The Morgan fingerprint density at radius 2 is 1.88 bits per heavy atom. The molecule has 3 aliphatic carbocycles. The predicted molar refractivity (Wildman–Crippen MR) is 150 cm³/mol. The highest BCUT2D eigenvalue weighted by Gasteiger charge is 2.56. The minimum absolute atomic E-state index is 0.0144. The molecule has 2 heterocycles. The number of rotatable bonds is 7. The third kappa shape index (κ3) is 4.89. The molecule has 0 radical (unpaired) electrons. The van der Waals surface area contributed by atoms with Crippen LogP contribution in [0.1, 0.15) is 58.9 Å². The van der Waals surface area contributed by atoms with Gasteiger partial charge in [-0.3, -0.25) is 9.79 Å². The van der Waals surface area contributed by atoms with Crippen LogP contribution < -0.4 is 5.32 Å². The van der Waals surface area contributed by atoms with Crippen LogP contribution in [0.3, 0.4) is 0 Å². The Balaban J connectivity index is 1.37. The molecule has 3 atom stereocenters. The van der Waals surface area contributed by atoms with Crippen LogP contribution in [0.25, 0.3) is 0 Å². The number of fused-ring (bicyclic) bond motifs is 3. The highest BCUT2D eigenvalue weighted by Crippen LogP contribution is 2.63. The number of pyridine rings is 1. The molecule has 0 spiro atoms. The van der Waals surface area contributed by atoms with Crippen molar-refractivity contribution in [1.82, 2.24) is 10.3 Å². The smallest absolute Gasteiger partial charge is 0.322 e. The van der Waals surface area contributed by atoms with E-state index >= 15 is 0 Å². The quantitative estimate of drug-likeness (QED) is 0.362. The summed E-state index contributed by atoms with van der Waals surface area (Å²) in [6.07, 6.45) is 7.41. The van der Waals surface area contributed by atoms with Crippen molar-refractivity contribution in [2.45, 2.75) is 44.7 Å². The molecule has 6 rings (SSSR count). The number of hydrogen-bond acceptors (Lipinski definition) is 3. The topological polar surface area (TPSA) is 54.4 Å². The standard InChI is InChI=1S/C33H30F3N3O/c1-4-5-8-24-29-23-9-6-7-10-27(23)39-31(30(24)29)26-17-21(15-18(2)16-25(26)20-11-12-20)38-32(40)22-13-14-28(33(34,35)36)37-19(22)3/h4,6-7,9-10,13-17,20,24,29-30H,1-2,5,8,11-12H2,3H3,(H,38,40). The Hall–Kier alpha value is -4.00. The second-order valence-electron chi connectivity index (χ2n) is 11.0. The average molecular weight is 542 g/mol. The third-order valence-electron chi connectivity index (χ3n) is 8.19. The second kappa shape index (κ2) is 9.88. The minimum Gasteiger partial charge on any atom is -0.322 e. The average Bonchev–Trinajstić information content (AvgIpc) is 3.82. The first-order valence-corrected chi connectivity index (χ1v) is 13.6. The lowest BCUT2D eigenvalue weighted by Gasteiger charge is -2.19. The van der Waals surface area contributed by atoms with Crippen LogP contribution in [-0.2, 0) is 6.18 Å². The number of amides is 1. The van der Waals surface area contributed by atoms with Crippen molar-refractivity contribution in [3.63, 3.8) is 0 Å². The van der Waals surface area contributed by atoms with Gasteiger partial charge in [-0.05, 0) is 97.4 Å². The number of aromatic nitrogens is 1. The Kier molecular flexibility index (Phi) is 6.48. The molecule has 1 amide bonds. The summed E-state index contributed by atoms with van der Waals surface area (Å²) in [6.45, 7) is 9.51. The second-order valence-corrected chi connectivity index (χ2v) is 11.0. The minimum atomic E-state index is -4.58. The van der Waals surface area contributed by atoms with Crippen molar-refractivity contribution < 1.29 is 18.0 Å². The maximum atomic E-state index is 13.2. The number of nitrogens with zero attached hydrogens (tertiary/aromatic N) is 2. The SMILES string of the molecule is C=CCCC1C2C(C3=CC(NC(=O)c4ccc(C(F)(F)F)nc4C)=CC(=C)C=C3C3CC3)=Nc3ccccc3C12. The molecule has 2 saturated carbocycles. The van der Waals surface area contributed by atoms with Gasteiger partial charge < -0.3 is 5.32 Å². The fraction of sp³-hybridized carbons (Fsp3) is 0.303. The van der Waals surface area contributed by atoms with Crippen LogP contribution in [0.5, 0.6) is 0 Å². The highest BCUT2D eigenvalue weighted by molar-refractivity contribution is 6.11. The lowest BCUT2D eigenvalue weighted by Crippen LogP contribution is -2.24. The Labute approximate surface area is 231 Å². The molecule has 1 N–H and O–H groups in total. The summed E-state index contributed by atoms with van der Waals surface area (Å²) < 4.78 is 39.3. The molecular formula is C33H30F3N3O. The van der Waals surface area contributed by atoms with Gasteiger partial charge in [-0.15, -0.1) is 6.58 Å². The van der Waals surface area contributed by atoms with E-state index in [1.54, 1.807) is 6.08 Å². The van der Waals surface area contributed by atoms with Crippen LogP contribution in [0.4, 0.5) is 18.9 Å². The fourth-order valence-electron chi connectivity index (χ4n) is 6.14. The van der Waals surface area contributed by atoms with Gasteiger partial charge in [0.2, 0.25) is 0 Å². The van der Waals surface area contributed by atoms with Gasteiger partial charge >= 0.3 is 6.18 Å². The highest BCUT2D eigenvalue weighted by atomic mass is 19.4. The number of para-hydroxylation sites is 1. The van der Waals surface area contributed by atoms with E-state index < -0.39 is 17.8 Å². The number of carbonyl (C=O) groups is 1. The number of aryl methyl sites for hydroxylation is 1. The molecule has 204 valence electrons. The van der Waals surface area contributed by atoms with Gasteiger partial charge in [-0.25, -0.2) is 4.98 Å². The summed E-state index contributed by atoms with van der Waals surface area (Å²) in [5.74, 6) is 1.05. The van der Waals surface area contributed by atoms with Crippen LogP contribution >= 0.6 is 0 Å². The molecule has 0 bridgehead atoms. The molecule has 4 aliphatic rings. The van der Waals surface area contributed by atoms with E-state index in [0.29, 0.717) is 23.5 Å². The number of benzene rings is 1. The number of halogens is 3. The van der Waals surface area contributed by atoms with Crippen molar-refractivity contribution in [2.24, 2.45) is 22.7 Å². The number of carbonyl (C=O) groups excluding carboxylic acids is 1. The fourth-order valence-corrected chi connectivity index (χ4v) is 6.14. The van der Waals surface area contributed by atoms with Gasteiger partial charge in [-0.1, -0.05) is 36.9 Å². The predicted octanol–water partition coefficient (Wildman–Crippen LogP) is 7.94. The molecule has 1 aromatic carbocycles. The molecule has 1 aromatic heterocycles. The molecule has 7 heteroatoms. The number of aliphatic imine (C=N–C) groups is 1. The Morgan fingerprint density at radius 1 is 1.10 bits per heavy atom. The summed E-state index contributed by atoms with van der Waals surface area (Å²) in [5.41, 5.74) is 5.86. The summed E-state index contributed by atoms with van der Waals surface area (Å²) >= 11 is 0. The van der Waals surface area contributed by atoms with Gasteiger partial charge in [0.25, 0.3) is 5.91 Å². The van der Waals surface area contributed by atoms with Crippen molar-refractivity contribution in [3.8, 4) is 0 Å². The van der Waals surface area contributed by atoms with Gasteiger partial charge in [0, 0.05) is 17.2 Å². The molecule has 1 aliphatic heterocycles. The van der Waals surface area contributed by atoms with E-state index in [4.69, 9.17) is 4.99 Å². The van der Waals surface area contributed by atoms with Gasteiger partial charge in [0.15, 0.2) is 0 Å². The van der Waals surface area contributed by atoms with E-state index in [-0.39, 0.29) is 17.2 Å². The van der Waals surface area contributed by atoms with Crippen molar-refractivity contribution in [3.05, 3.63) is 119 Å². The van der Waals surface area contributed by atoms with Gasteiger partial charge in [0.05, 0.1) is 22.7 Å². The van der Waals surface area contributed by atoms with E-state index in [0.717, 1.165) is 54.3 Å². The molecule has 2 aromatic rings. The summed E-state index contributed by atoms with van der Waals surface area (Å²) in [4.78, 5) is 22.1. The normalized spacial score (nSPS) is 23.5. The number of hydrogen-bond donors (Lipinski definition) is 1. The number of alkyl halides is 3. The van der Waals surface area contributed by atoms with E-state index in [1.807, 2.05) is 18.2 Å². The van der Waals surface area contributed by atoms with Crippen LogP contribution in [0, 0.1) is 24.7 Å². The third-order valence-corrected chi connectivity index (χ3v) is 8.19. The van der Waals surface area contributed by atoms with Gasteiger partial charge in [0.1, 0.15) is 5.69 Å². The number of allylic oxidation sites excluding steroid dienone is 7. The molecular weight excluding hydrogens is 511 g/mol. The first-order valence-electron chi connectivity index (χ1n) is 13.6.